The second-order valence-corrected chi connectivity index (χ2v) is 7.39. The minimum Gasteiger partial charge on any atom is -0.375 e. The van der Waals surface area contributed by atoms with E-state index in [0.717, 1.165) is 42.7 Å². The van der Waals surface area contributed by atoms with Gasteiger partial charge in [0.25, 0.3) is 0 Å². The first-order chi connectivity index (χ1) is 13.0. The van der Waals surface area contributed by atoms with Gasteiger partial charge in [-0.1, -0.05) is 18.2 Å². The highest BCUT2D eigenvalue weighted by Crippen LogP contribution is 2.20. The van der Waals surface area contributed by atoms with Gasteiger partial charge < -0.3 is 19.9 Å². The molecule has 0 bridgehead atoms. The predicted octanol–water partition coefficient (Wildman–Crippen LogP) is 4.00. The Morgan fingerprint density at radius 3 is 2.64 bits per heavy atom. The number of para-hydroxylation sites is 1. The number of aliphatic imine (C=N–C) groups is 1. The Bertz CT molecular complexity index is 710. The van der Waals surface area contributed by atoms with Gasteiger partial charge >= 0.3 is 0 Å². The minimum absolute atomic E-state index is 0. The summed E-state index contributed by atoms with van der Waals surface area (Å²) in [6, 6.07) is 10.4. The molecule has 1 atom stereocenters. The zero-order valence-electron chi connectivity index (χ0n) is 17.4. The van der Waals surface area contributed by atoms with E-state index < -0.39 is 0 Å². The lowest BCUT2D eigenvalue weighted by molar-refractivity contribution is 0.119. The first-order valence-corrected chi connectivity index (χ1v) is 10.1. The molecule has 0 radical (unpaired) electrons. The maximum absolute atomic E-state index is 5.33. The molecule has 2 rings (SSSR count). The summed E-state index contributed by atoms with van der Waals surface area (Å²) in [5, 5.41) is 6.53. The minimum atomic E-state index is 0. The molecule has 2 aromatic rings. The van der Waals surface area contributed by atoms with Crippen molar-refractivity contribution < 1.29 is 4.74 Å². The average Bonchev–Trinajstić information content (AvgIpc) is 3.16. The molecule has 1 heterocycles. The number of halogens is 1. The summed E-state index contributed by atoms with van der Waals surface area (Å²) in [7, 11) is 7.68. The number of aromatic nitrogens is 1. The van der Waals surface area contributed by atoms with E-state index >= 15 is 0 Å². The average molecular weight is 517 g/mol. The highest BCUT2D eigenvalue weighted by Gasteiger charge is 2.12. The van der Waals surface area contributed by atoms with Gasteiger partial charge in [0.15, 0.2) is 5.96 Å². The number of hydrogen-bond donors (Lipinski definition) is 1. The molecule has 8 heteroatoms. The topological polar surface area (TPSA) is 53.0 Å². The third kappa shape index (κ3) is 7.56. The Morgan fingerprint density at radius 1 is 1.29 bits per heavy atom. The lowest BCUT2D eigenvalue weighted by Gasteiger charge is -2.23. The summed E-state index contributed by atoms with van der Waals surface area (Å²) >= 11 is 1.64. The van der Waals surface area contributed by atoms with E-state index in [-0.39, 0.29) is 30.1 Å². The third-order valence-corrected chi connectivity index (χ3v) is 5.45. The summed E-state index contributed by atoms with van der Waals surface area (Å²) < 4.78 is 5.33. The molecule has 0 saturated carbocycles. The van der Waals surface area contributed by atoms with Crippen molar-refractivity contribution >= 4 is 47.0 Å². The van der Waals surface area contributed by atoms with Crippen molar-refractivity contribution in [3.05, 3.63) is 46.4 Å². The SMILES string of the molecule is CN=C(NCCCN(C)c1ccccc1)N(C)Cc1csc(C(C)OC)n1.I. The van der Waals surface area contributed by atoms with Gasteiger partial charge in [0, 0.05) is 52.4 Å². The Hall–Kier alpha value is -1.39. The molecular formula is C20H32IN5OS. The van der Waals surface area contributed by atoms with Gasteiger partial charge in [-0.15, -0.1) is 35.3 Å². The number of hydrogen-bond acceptors (Lipinski definition) is 5. The predicted molar refractivity (Wildman–Crippen MR) is 130 cm³/mol. The number of anilines is 1. The number of rotatable bonds is 9. The number of nitrogens with zero attached hydrogens (tertiary/aromatic N) is 4. The van der Waals surface area contributed by atoms with Crippen LogP contribution in [0, 0.1) is 0 Å². The zero-order valence-corrected chi connectivity index (χ0v) is 20.5. The second-order valence-electron chi connectivity index (χ2n) is 6.50. The Balaban J connectivity index is 0.00000392. The van der Waals surface area contributed by atoms with Crippen LogP contribution in [0.25, 0.3) is 0 Å². The van der Waals surface area contributed by atoms with Gasteiger partial charge in [-0.3, -0.25) is 4.99 Å². The van der Waals surface area contributed by atoms with Crippen molar-refractivity contribution in [3.8, 4) is 0 Å². The fourth-order valence-corrected chi connectivity index (χ4v) is 3.56. The van der Waals surface area contributed by atoms with Gasteiger partial charge in [0.1, 0.15) is 11.1 Å². The van der Waals surface area contributed by atoms with Crippen LogP contribution in [0.5, 0.6) is 0 Å². The molecular weight excluding hydrogens is 485 g/mol. The highest BCUT2D eigenvalue weighted by atomic mass is 127. The molecule has 156 valence electrons. The van der Waals surface area contributed by atoms with E-state index in [1.54, 1.807) is 18.4 Å². The van der Waals surface area contributed by atoms with E-state index in [9.17, 15) is 0 Å². The van der Waals surface area contributed by atoms with E-state index in [0.29, 0.717) is 0 Å². The van der Waals surface area contributed by atoms with Crippen LogP contribution < -0.4 is 10.2 Å². The molecule has 0 aliphatic rings. The summed E-state index contributed by atoms with van der Waals surface area (Å²) in [5.74, 6) is 0.881. The van der Waals surface area contributed by atoms with Crippen molar-refractivity contribution in [1.29, 1.82) is 0 Å². The maximum Gasteiger partial charge on any atom is 0.193 e. The molecule has 0 saturated heterocycles. The Morgan fingerprint density at radius 2 is 2.00 bits per heavy atom. The largest absolute Gasteiger partial charge is 0.375 e. The number of guanidine groups is 1. The van der Waals surface area contributed by atoms with Crippen LogP contribution >= 0.6 is 35.3 Å². The molecule has 0 aliphatic heterocycles. The summed E-state index contributed by atoms with van der Waals surface area (Å²) in [6.07, 6.45) is 1.07. The smallest absolute Gasteiger partial charge is 0.193 e. The zero-order chi connectivity index (χ0) is 19.6. The van der Waals surface area contributed by atoms with Crippen molar-refractivity contribution in [1.82, 2.24) is 15.2 Å². The standard InChI is InChI=1S/C20H31N5OS.HI/c1-16(26-5)19-23-17(15-27-19)14-25(4)20(21-2)22-12-9-13-24(3)18-10-7-6-8-11-18;/h6-8,10-11,15-16H,9,12-14H2,1-5H3,(H,21,22);1H. The Kier molecular flexibility index (Phi) is 11.4. The fourth-order valence-electron chi connectivity index (χ4n) is 2.71. The van der Waals surface area contributed by atoms with Gasteiger partial charge in [-0.2, -0.15) is 0 Å². The van der Waals surface area contributed by atoms with Crippen molar-refractivity contribution in [3.63, 3.8) is 0 Å². The van der Waals surface area contributed by atoms with Crippen LogP contribution in [0.2, 0.25) is 0 Å². The van der Waals surface area contributed by atoms with Crippen LogP contribution in [0.4, 0.5) is 5.69 Å². The van der Waals surface area contributed by atoms with Crippen LogP contribution in [0.15, 0.2) is 40.7 Å². The molecule has 0 amide bonds. The van der Waals surface area contributed by atoms with Gasteiger partial charge in [-0.05, 0) is 25.5 Å². The van der Waals surface area contributed by atoms with Gasteiger partial charge in [0.05, 0.1) is 12.2 Å². The lowest BCUT2D eigenvalue weighted by atomic mass is 10.3. The lowest BCUT2D eigenvalue weighted by Crippen LogP contribution is -2.39. The van der Waals surface area contributed by atoms with Crippen LogP contribution in [0.1, 0.15) is 30.2 Å². The molecule has 1 aromatic heterocycles. The number of ether oxygens (including phenoxy) is 1. The summed E-state index contributed by atoms with van der Waals surface area (Å²) in [5.41, 5.74) is 2.27. The molecule has 1 aromatic carbocycles. The monoisotopic (exact) mass is 517 g/mol. The first kappa shape index (κ1) is 24.6. The van der Waals surface area contributed by atoms with Gasteiger partial charge in [-0.25, -0.2) is 4.98 Å². The molecule has 0 aliphatic carbocycles. The number of thiazole rings is 1. The molecule has 1 unspecified atom stereocenters. The molecule has 0 spiro atoms. The molecule has 6 nitrogen and oxygen atoms in total. The van der Waals surface area contributed by atoms with E-state index in [4.69, 9.17) is 4.74 Å². The van der Waals surface area contributed by atoms with E-state index in [1.807, 2.05) is 27.1 Å². The molecule has 1 N–H and O–H groups in total. The number of benzene rings is 1. The Labute approximate surface area is 190 Å². The molecule has 0 fully saturated rings. The quantitative estimate of drug-likeness (QED) is 0.236. The highest BCUT2D eigenvalue weighted by molar-refractivity contribution is 14.0. The second kappa shape index (κ2) is 12.9. The number of nitrogens with one attached hydrogen (secondary N) is 1. The van der Waals surface area contributed by atoms with E-state index in [1.165, 1.54) is 5.69 Å². The molecule has 28 heavy (non-hydrogen) atoms. The number of methoxy groups -OCH3 is 1. The van der Waals surface area contributed by atoms with Crippen molar-refractivity contribution in [2.75, 3.05) is 46.2 Å². The van der Waals surface area contributed by atoms with Crippen LogP contribution in [-0.2, 0) is 11.3 Å². The fraction of sp³-hybridized carbons (Fsp3) is 0.500. The van der Waals surface area contributed by atoms with E-state index in [2.05, 4.69) is 61.8 Å². The maximum atomic E-state index is 5.33. The van der Waals surface area contributed by atoms with Crippen LogP contribution in [0.3, 0.4) is 0 Å². The summed E-state index contributed by atoms with van der Waals surface area (Å²) in [6.45, 7) is 4.59. The van der Waals surface area contributed by atoms with Crippen LogP contribution in [-0.4, -0.2) is 57.2 Å². The third-order valence-electron chi connectivity index (χ3n) is 4.39. The first-order valence-electron chi connectivity index (χ1n) is 9.20. The normalized spacial score (nSPS) is 12.2. The van der Waals surface area contributed by atoms with Crippen molar-refractivity contribution in [2.24, 2.45) is 4.99 Å². The van der Waals surface area contributed by atoms with Gasteiger partial charge in [0.2, 0.25) is 0 Å². The van der Waals surface area contributed by atoms with Crippen molar-refractivity contribution in [2.45, 2.75) is 26.0 Å². The summed E-state index contributed by atoms with van der Waals surface area (Å²) in [4.78, 5) is 13.4.